The van der Waals surface area contributed by atoms with Crippen molar-refractivity contribution in [3.8, 4) is 5.75 Å². The number of aliphatic hydroxyl groups is 1. The van der Waals surface area contributed by atoms with Crippen LogP contribution in [0, 0.1) is 6.92 Å². The lowest BCUT2D eigenvalue weighted by atomic mass is 10.1. The molecule has 114 valence electrons. The molecule has 0 radical (unpaired) electrons. The number of methoxy groups -OCH3 is 1. The smallest absolute Gasteiger partial charge is 0.145 e. The lowest BCUT2D eigenvalue weighted by Gasteiger charge is -2.20. The molecular weight excluding hydrogens is 284 g/mol. The van der Waals surface area contributed by atoms with Gasteiger partial charge in [0.15, 0.2) is 0 Å². The standard InChI is InChI=1S/C16H22N2O2S/c1-11-9-14(18-12(7-8-19)10-21-3)13-5-4-6-15(20-2)16(13)17-11/h4-6,9,12,19H,7-8,10H2,1-3H3,(H,17,18). The van der Waals surface area contributed by atoms with E-state index < -0.39 is 0 Å². The topological polar surface area (TPSA) is 54.4 Å². The first-order valence-corrected chi connectivity index (χ1v) is 8.39. The molecule has 1 aromatic heterocycles. The summed E-state index contributed by atoms with van der Waals surface area (Å²) in [6, 6.07) is 8.22. The van der Waals surface area contributed by atoms with Crippen LogP contribution in [-0.2, 0) is 0 Å². The van der Waals surface area contributed by atoms with Gasteiger partial charge in [-0.15, -0.1) is 0 Å². The van der Waals surface area contributed by atoms with Gasteiger partial charge in [-0.2, -0.15) is 11.8 Å². The highest BCUT2D eigenvalue weighted by Crippen LogP contribution is 2.30. The van der Waals surface area contributed by atoms with Gasteiger partial charge in [0.25, 0.3) is 0 Å². The van der Waals surface area contributed by atoms with Crippen LogP contribution in [0.2, 0.25) is 0 Å². The van der Waals surface area contributed by atoms with E-state index in [0.29, 0.717) is 0 Å². The highest BCUT2D eigenvalue weighted by molar-refractivity contribution is 7.98. The lowest BCUT2D eigenvalue weighted by molar-refractivity contribution is 0.282. The fourth-order valence-corrected chi connectivity index (χ4v) is 3.06. The van der Waals surface area contributed by atoms with Crippen LogP contribution in [0.25, 0.3) is 10.9 Å². The van der Waals surface area contributed by atoms with Gasteiger partial charge in [0.1, 0.15) is 11.3 Å². The molecule has 0 saturated heterocycles. The largest absolute Gasteiger partial charge is 0.494 e. The fourth-order valence-electron chi connectivity index (χ4n) is 2.41. The van der Waals surface area contributed by atoms with E-state index in [1.54, 1.807) is 18.9 Å². The Morgan fingerprint density at radius 3 is 2.90 bits per heavy atom. The molecule has 21 heavy (non-hydrogen) atoms. The van der Waals surface area contributed by atoms with Crippen molar-refractivity contribution in [1.29, 1.82) is 0 Å². The number of hydrogen-bond donors (Lipinski definition) is 2. The number of benzene rings is 1. The molecule has 0 aliphatic heterocycles. The minimum Gasteiger partial charge on any atom is -0.494 e. The van der Waals surface area contributed by atoms with Gasteiger partial charge >= 0.3 is 0 Å². The minimum absolute atomic E-state index is 0.184. The summed E-state index contributed by atoms with van der Waals surface area (Å²) in [7, 11) is 1.66. The van der Waals surface area contributed by atoms with E-state index in [9.17, 15) is 5.11 Å². The number of nitrogens with one attached hydrogen (secondary N) is 1. The number of fused-ring (bicyclic) bond motifs is 1. The third-order valence-electron chi connectivity index (χ3n) is 3.36. The van der Waals surface area contributed by atoms with Gasteiger partial charge in [0, 0.05) is 35.2 Å². The summed E-state index contributed by atoms with van der Waals surface area (Å²) in [4.78, 5) is 4.59. The van der Waals surface area contributed by atoms with Crippen LogP contribution >= 0.6 is 11.8 Å². The fraction of sp³-hybridized carbons (Fsp3) is 0.438. The van der Waals surface area contributed by atoms with Crippen LogP contribution in [0.5, 0.6) is 5.75 Å². The quantitative estimate of drug-likeness (QED) is 0.823. The normalized spacial score (nSPS) is 12.4. The number of aryl methyl sites for hydroxylation is 1. The molecule has 2 rings (SSSR count). The minimum atomic E-state index is 0.184. The first-order valence-electron chi connectivity index (χ1n) is 7.00. The molecule has 4 nitrogen and oxygen atoms in total. The Morgan fingerprint density at radius 2 is 2.24 bits per heavy atom. The zero-order valence-corrected chi connectivity index (χ0v) is 13.5. The number of hydrogen-bond acceptors (Lipinski definition) is 5. The summed E-state index contributed by atoms with van der Waals surface area (Å²) in [5, 5.41) is 13.8. The number of thioether (sulfide) groups is 1. The molecule has 0 bridgehead atoms. The summed E-state index contributed by atoms with van der Waals surface area (Å²) in [5.74, 6) is 1.73. The van der Waals surface area contributed by atoms with Gasteiger partial charge in [0.2, 0.25) is 0 Å². The van der Waals surface area contributed by atoms with Crippen molar-refractivity contribution in [1.82, 2.24) is 4.98 Å². The van der Waals surface area contributed by atoms with E-state index in [0.717, 1.165) is 40.2 Å². The van der Waals surface area contributed by atoms with Gasteiger partial charge in [0.05, 0.1) is 7.11 Å². The van der Waals surface area contributed by atoms with E-state index in [4.69, 9.17) is 4.74 Å². The summed E-state index contributed by atoms with van der Waals surface area (Å²) in [6.45, 7) is 2.16. The predicted molar refractivity (Wildman–Crippen MR) is 90.5 cm³/mol. The third-order valence-corrected chi connectivity index (χ3v) is 4.09. The number of rotatable bonds is 7. The maximum absolute atomic E-state index is 9.21. The number of aromatic nitrogens is 1. The summed E-state index contributed by atoms with van der Waals surface area (Å²) in [6.07, 6.45) is 2.80. The Bertz CT molecular complexity index is 598. The van der Waals surface area contributed by atoms with E-state index in [1.165, 1.54) is 0 Å². The Balaban J connectivity index is 2.42. The van der Waals surface area contributed by atoms with E-state index in [2.05, 4.69) is 16.6 Å². The zero-order valence-electron chi connectivity index (χ0n) is 12.7. The number of pyridine rings is 1. The van der Waals surface area contributed by atoms with Crippen LogP contribution in [-0.4, -0.2) is 41.9 Å². The molecule has 2 N–H and O–H groups in total. The van der Waals surface area contributed by atoms with Crippen molar-refractivity contribution in [2.75, 3.05) is 31.0 Å². The maximum Gasteiger partial charge on any atom is 0.145 e. The maximum atomic E-state index is 9.21. The Labute approximate surface area is 129 Å². The Kier molecular flexibility index (Phi) is 5.70. The van der Waals surface area contributed by atoms with Crippen molar-refractivity contribution >= 4 is 28.4 Å². The van der Waals surface area contributed by atoms with Gasteiger partial charge in [-0.05, 0) is 31.7 Å². The first kappa shape index (κ1) is 15.9. The van der Waals surface area contributed by atoms with Gasteiger partial charge in [-0.1, -0.05) is 12.1 Å². The van der Waals surface area contributed by atoms with Crippen LogP contribution in [0.1, 0.15) is 12.1 Å². The molecule has 2 aromatic rings. The average Bonchev–Trinajstić information content (AvgIpc) is 2.47. The first-order chi connectivity index (χ1) is 10.2. The van der Waals surface area contributed by atoms with E-state index in [-0.39, 0.29) is 12.6 Å². The molecule has 1 aromatic carbocycles. The van der Waals surface area contributed by atoms with Gasteiger partial charge < -0.3 is 15.2 Å². The SMILES string of the molecule is COc1cccc2c(NC(CCO)CSC)cc(C)nc12. The van der Waals surface area contributed by atoms with Gasteiger partial charge in [-0.3, -0.25) is 0 Å². The molecule has 0 aliphatic rings. The molecule has 0 saturated carbocycles. The Morgan fingerprint density at radius 1 is 1.43 bits per heavy atom. The number of anilines is 1. The zero-order chi connectivity index (χ0) is 15.2. The summed E-state index contributed by atoms with van der Waals surface area (Å²) in [5.41, 5.74) is 2.86. The highest BCUT2D eigenvalue weighted by atomic mass is 32.2. The van der Waals surface area contributed by atoms with Crippen LogP contribution in [0.3, 0.4) is 0 Å². The molecule has 0 spiro atoms. The second-order valence-electron chi connectivity index (χ2n) is 4.98. The van der Waals surface area contributed by atoms with Crippen LogP contribution in [0.15, 0.2) is 24.3 Å². The van der Waals surface area contributed by atoms with Gasteiger partial charge in [-0.25, -0.2) is 4.98 Å². The highest BCUT2D eigenvalue weighted by Gasteiger charge is 2.12. The second-order valence-corrected chi connectivity index (χ2v) is 5.89. The molecule has 1 heterocycles. The summed E-state index contributed by atoms with van der Waals surface area (Å²) >= 11 is 1.77. The van der Waals surface area contributed by atoms with Crippen molar-refractivity contribution < 1.29 is 9.84 Å². The second kappa shape index (κ2) is 7.52. The lowest BCUT2D eigenvalue weighted by Crippen LogP contribution is -2.23. The molecular formula is C16H22N2O2S. The average molecular weight is 306 g/mol. The third kappa shape index (κ3) is 3.80. The van der Waals surface area contributed by atoms with Crippen LogP contribution in [0.4, 0.5) is 5.69 Å². The molecule has 1 atom stereocenters. The van der Waals surface area contributed by atoms with Crippen molar-refractivity contribution in [3.05, 3.63) is 30.0 Å². The van der Waals surface area contributed by atoms with Crippen LogP contribution < -0.4 is 10.1 Å². The van der Waals surface area contributed by atoms with Crippen molar-refractivity contribution in [2.24, 2.45) is 0 Å². The monoisotopic (exact) mass is 306 g/mol. The molecule has 5 heteroatoms. The number of nitrogens with zero attached hydrogens (tertiary/aromatic N) is 1. The molecule has 0 amide bonds. The molecule has 0 fully saturated rings. The number of aliphatic hydroxyl groups excluding tert-OH is 1. The van der Waals surface area contributed by atoms with E-state index in [1.807, 2.05) is 31.2 Å². The van der Waals surface area contributed by atoms with E-state index >= 15 is 0 Å². The van der Waals surface area contributed by atoms with Crippen molar-refractivity contribution in [2.45, 2.75) is 19.4 Å². The molecule has 1 unspecified atom stereocenters. The summed E-state index contributed by atoms with van der Waals surface area (Å²) < 4.78 is 5.40. The number of para-hydroxylation sites is 1. The number of ether oxygens (including phenoxy) is 1. The van der Waals surface area contributed by atoms with Crippen molar-refractivity contribution in [3.63, 3.8) is 0 Å². The Hall–Kier alpha value is -1.46. The predicted octanol–water partition coefficient (Wildman–Crippen LogP) is 3.08. The molecule has 0 aliphatic carbocycles.